The van der Waals surface area contributed by atoms with E-state index in [0.717, 1.165) is 42.2 Å². The highest BCUT2D eigenvalue weighted by Crippen LogP contribution is 2.41. The third-order valence-electron chi connectivity index (χ3n) is 4.86. The zero-order valence-electron chi connectivity index (χ0n) is 16.5. The van der Waals surface area contributed by atoms with Crippen LogP contribution in [0.4, 0.5) is 0 Å². The fourth-order valence-electron chi connectivity index (χ4n) is 3.35. The Kier molecular flexibility index (Phi) is 9.16. The molecule has 1 atom stereocenters. The van der Waals surface area contributed by atoms with E-state index in [1.165, 1.54) is 32.1 Å². The Morgan fingerprint density at radius 2 is 1.65 bits per heavy atom. The van der Waals surface area contributed by atoms with Crippen molar-refractivity contribution in [1.82, 2.24) is 4.90 Å². The number of benzene rings is 1. The van der Waals surface area contributed by atoms with E-state index >= 15 is 0 Å². The van der Waals surface area contributed by atoms with Crippen LogP contribution in [-0.2, 0) is 4.79 Å². The fourth-order valence-corrected chi connectivity index (χ4v) is 4.61. The SMILES string of the molecule is CCCCCCCCCC(=O)N1CCSC1c1cc(OC)cc(OC)c1. The number of thioether (sulfide) groups is 1. The van der Waals surface area contributed by atoms with Gasteiger partial charge in [-0.2, -0.15) is 0 Å². The number of methoxy groups -OCH3 is 2. The molecule has 26 heavy (non-hydrogen) atoms. The minimum atomic E-state index is 0.0658. The Morgan fingerprint density at radius 3 is 2.27 bits per heavy atom. The van der Waals surface area contributed by atoms with Crippen molar-refractivity contribution in [2.24, 2.45) is 0 Å². The van der Waals surface area contributed by atoms with Gasteiger partial charge in [0.15, 0.2) is 0 Å². The maximum Gasteiger partial charge on any atom is 0.223 e. The number of hydrogen-bond donors (Lipinski definition) is 0. The lowest BCUT2D eigenvalue weighted by atomic mass is 10.1. The third kappa shape index (κ3) is 6.11. The number of ether oxygens (including phenoxy) is 2. The van der Waals surface area contributed by atoms with Crippen LogP contribution in [0, 0.1) is 0 Å². The first kappa shape index (κ1) is 20.9. The summed E-state index contributed by atoms with van der Waals surface area (Å²) < 4.78 is 10.8. The molecule has 0 bridgehead atoms. The predicted molar refractivity (Wildman–Crippen MR) is 109 cm³/mol. The van der Waals surface area contributed by atoms with E-state index in [1.54, 1.807) is 14.2 Å². The molecule has 2 rings (SSSR count). The highest BCUT2D eigenvalue weighted by Gasteiger charge is 2.30. The monoisotopic (exact) mass is 379 g/mol. The van der Waals surface area contributed by atoms with Gasteiger partial charge in [-0.25, -0.2) is 0 Å². The van der Waals surface area contributed by atoms with Crippen molar-refractivity contribution in [3.63, 3.8) is 0 Å². The summed E-state index contributed by atoms with van der Waals surface area (Å²) in [6.45, 7) is 3.06. The number of unbranched alkanes of at least 4 members (excludes halogenated alkanes) is 6. The van der Waals surface area contributed by atoms with Crippen LogP contribution >= 0.6 is 11.8 Å². The van der Waals surface area contributed by atoms with Crippen molar-refractivity contribution >= 4 is 17.7 Å². The number of hydrogen-bond acceptors (Lipinski definition) is 4. The van der Waals surface area contributed by atoms with E-state index in [9.17, 15) is 4.79 Å². The Labute approximate surface area is 162 Å². The van der Waals surface area contributed by atoms with E-state index in [0.29, 0.717) is 6.42 Å². The van der Waals surface area contributed by atoms with Gasteiger partial charge in [-0.3, -0.25) is 4.79 Å². The maximum absolute atomic E-state index is 12.7. The van der Waals surface area contributed by atoms with Crippen LogP contribution in [0.25, 0.3) is 0 Å². The Hall–Kier alpha value is -1.36. The first-order valence-electron chi connectivity index (χ1n) is 9.83. The van der Waals surface area contributed by atoms with Gasteiger partial charge in [-0.15, -0.1) is 11.8 Å². The smallest absolute Gasteiger partial charge is 0.223 e. The first-order chi connectivity index (χ1) is 12.7. The normalized spacial score (nSPS) is 16.7. The van der Waals surface area contributed by atoms with Crippen LogP contribution in [0.2, 0.25) is 0 Å². The molecule has 146 valence electrons. The van der Waals surface area contributed by atoms with Crippen molar-refractivity contribution in [3.8, 4) is 11.5 Å². The predicted octanol–water partition coefficient (Wildman–Crippen LogP) is 5.42. The highest BCUT2D eigenvalue weighted by molar-refractivity contribution is 7.99. The molecule has 1 amide bonds. The van der Waals surface area contributed by atoms with Crippen molar-refractivity contribution < 1.29 is 14.3 Å². The summed E-state index contributed by atoms with van der Waals surface area (Å²) in [5, 5.41) is 0.0658. The minimum absolute atomic E-state index is 0.0658. The summed E-state index contributed by atoms with van der Waals surface area (Å²) in [5.41, 5.74) is 1.08. The van der Waals surface area contributed by atoms with Crippen molar-refractivity contribution in [2.45, 2.75) is 63.7 Å². The van der Waals surface area contributed by atoms with Crippen LogP contribution in [0.15, 0.2) is 18.2 Å². The molecule has 0 aliphatic carbocycles. The molecule has 1 aliphatic heterocycles. The summed E-state index contributed by atoms with van der Waals surface area (Å²) >= 11 is 1.82. The largest absolute Gasteiger partial charge is 0.497 e. The second-order valence-electron chi connectivity index (χ2n) is 6.83. The van der Waals surface area contributed by atoms with Gasteiger partial charge in [0, 0.05) is 24.8 Å². The molecule has 0 radical (unpaired) electrons. The Balaban J connectivity index is 1.88. The van der Waals surface area contributed by atoms with Crippen LogP contribution < -0.4 is 9.47 Å². The second-order valence-corrected chi connectivity index (χ2v) is 8.02. The summed E-state index contributed by atoms with van der Waals surface area (Å²) in [6, 6.07) is 5.90. The lowest BCUT2D eigenvalue weighted by molar-refractivity contribution is -0.131. The summed E-state index contributed by atoms with van der Waals surface area (Å²) in [5.74, 6) is 2.79. The number of rotatable bonds is 11. The number of carbonyl (C=O) groups is 1. The fraction of sp³-hybridized carbons (Fsp3) is 0.667. The Bertz CT molecular complexity index is 542. The van der Waals surface area contributed by atoms with E-state index in [2.05, 4.69) is 6.92 Å². The van der Waals surface area contributed by atoms with Gasteiger partial charge >= 0.3 is 0 Å². The van der Waals surface area contributed by atoms with Crippen LogP contribution in [0.5, 0.6) is 11.5 Å². The first-order valence-corrected chi connectivity index (χ1v) is 10.9. The van der Waals surface area contributed by atoms with Crippen LogP contribution in [-0.4, -0.2) is 37.3 Å². The lowest BCUT2D eigenvalue weighted by Crippen LogP contribution is -2.30. The van der Waals surface area contributed by atoms with Crippen molar-refractivity contribution in [1.29, 1.82) is 0 Å². The molecule has 1 saturated heterocycles. The lowest BCUT2D eigenvalue weighted by Gasteiger charge is -2.25. The van der Waals surface area contributed by atoms with Crippen LogP contribution in [0.3, 0.4) is 0 Å². The van der Waals surface area contributed by atoms with Gasteiger partial charge in [0.2, 0.25) is 5.91 Å². The maximum atomic E-state index is 12.7. The quantitative estimate of drug-likeness (QED) is 0.481. The number of carbonyl (C=O) groups excluding carboxylic acids is 1. The van der Waals surface area contributed by atoms with Crippen molar-refractivity contribution in [2.75, 3.05) is 26.5 Å². The average Bonchev–Trinajstić information content (AvgIpc) is 3.16. The molecule has 1 unspecified atom stereocenters. The summed E-state index contributed by atoms with van der Waals surface area (Å²) in [6.07, 6.45) is 9.30. The van der Waals surface area contributed by atoms with E-state index in [-0.39, 0.29) is 11.3 Å². The number of amides is 1. The molecule has 4 nitrogen and oxygen atoms in total. The molecule has 1 heterocycles. The molecule has 1 aliphatic rings. The molecule has 0 N–H and O–H groups in total. The van der Waals surface area contributed by atoms with E-state index < -0.39 is 0 Å². The minimum Gasteiger partial charge on any atom is -0.497 e. The van der Waals surface area contributed by atoms with E-state index in [4.69, 9.17) is 9.47 Å². The van der Waals surface area contributed by atoms with Gasteiger partial charge in [0.25, 0.3) is 0 Å². The standard InChI is InChI=1S/C21H33NO3S/c1-4-5-6-7-8-9-10-11-20(23)22-12-13-26-21(22)17-14-18(24-2)16-19(15-17)25-3/h14-16,21H,4-13H2,1-3H3. The molecule has 0 aromatic heterocycles. The molecule has 0 saturated carbocycles. The molecule has 1 fully saturated rings. The topological polar surface area (TPSA) is 38.8 Å². The highest BCUT2D eigenvalue weighted by atomic mass is 32.2. The zero-order chi connectivity index (χ0) is 18.8. The molecule has 5 heteroatoms. The average molecular weight is 380 g/mol. The van der Waals surface area contributed by atoms with Gasteiger partial charge in [-0.1, -0.05) is 45.4 Å². The molecular weight excluding hydrogens is 346 g/mol. The third-order valence-corrected chi connectivity index (χ3v) is 6.13. The number of nitrogens with zero attached hydrogens (tertiary/aromatic N) is 1. The van der Waals surface area contributed by atoms with Gasteiger partial charge in [0.05, 0.1) is 14.2 Å². The zero-order valence-corrected chi connectivity index (χ0v) is 17.3. The van der Waals surface area contributed by atoms with Crippen LogP contribution in [0.1, 0.15) is 69.2 Å². The second kappa shape index (κ2) is 11.4. The summed E-state index contributed by atoms with van der Waals surface area (Å²) in [4.78, 5) is 14.7. The van der Waals surface area contributed by atoms with Crippen molar-refractivity contribution in [3.05, 3.63) is 23.8 Å². The van der Waals surface area contributed by atoms with Gasteiger partial charge in [0.1, 0.15) is 16.9 Å². The van der Waals surface area contributed by atoms with E-state index in [1.807, 2.05) is 34.9 Å². The molecule has 1 aromatic carbocycles. The molecule has 1 aromatic rings. The molecule has 0 spiro atoms. The summed E-state index contributed by atoms with van der Waals surface area (Å²) in [7, 11) is 3.31. The van der Waals surface area contributed by atoms with Gasteiger partial charge in [-0.05, 0) is 24.1 Å². The van der Waals surface area contributed by atoms with Gasteiger partial charge < -0.3 is 14.4 Å². The Morgan fingerprint density at radius 1 is 1.04 bits per heavy atom. The molecular formula is C21H33NO3S.